The molecule has 1 aliphatic carbocycles. The van der Waals surface area contributed by atoms with Crippen molar-refractivity contribution in [3.63, 3.8) is 0 Å². The second-order valence-electron chi connectivity index (χ2n) is 6.60. The van der Waals surface area contributed by atoms with Crippen LogP contribution in [0.1, 0.15) is 17.5 Å². The molecule has 0 saturated carbocycles. The third-order valence-corrected chi connectivity index (χ3v) is 8.53. The molecule has 0 fully saturated rings. The topological polar surface area (TPSA) is 9.23 Å². The van der Waals surface area contributed by atoms with Crippen LogP contribution in [0.15, 0.2) is 39.4 Å². The van der Waals surface area contributed by atoms with E-state index in [0.717, 1.165) is 12.2 Å². The molecule has 106 valence electrons. The molecule has 0 amide bonds. The second kappa shape index (κ2) is 5.97. The number of hydrogen-bond donors (Lipinski definition) is 0. The van der Waals surface area contributed by atoms with Gasteiger partial charge in [-0.3, -0.25) is 0 Å². The van der Waals surface area contributed by atoms with E-state index in [1.807, 2.05) is 0 Å². The molecule has 1 aromatic rings. The van der Waals surface area contributed by atoms with Gasteiger partial charge in [-0.1, -0.05) is 0 Å². The fourth-order valence-electron chi connectivity index (χ4n) is 2.67. The van der Waals surface area contributed by atoms with E-state index in [0.29, 0.717) is 0 Å². The molecule has 0 bridgehead atoms. The predicted molar refractivity (Wildman–Crippen MR) is 87.8 cm³/mol. The van der Waals surface area contributed by atoms with Crippen molar-refractivity contribution in [1.29, 1.82) is 0 Å². The summed E-state index contributed by atoms with van der Waals surface area (Å²) in [4.78, 5) is 4.41. The van der Waals surface area contributed by atoms with E-state index in [1.54, 1.807) is 5.20 Å². The van der Waals surface area contributed by atoms with Crippen LogP contribution in [0, 0.1) is 13.8 Å². The molecule has 0 aromatic heterocycles. The normalized spacial score (nSPS) is 14.8. The predicted octanol–water partition coefficient (Wildman–Crippen LogP) is 4.74. The zero-order valence-corrected chi connectivity index (χ0v) is 15.8. The zero-order valence-electron chi connectivity index (χ0n) is 13.2. The van der Waals surface area contributed by atoms with Gasteiger partial charge < -0.3 is 0 Å². The molecule has 0 unspecified atom stereocenters. The summed E-state index contributed by atoms with van der Waals surface area (Å²) >= 11 is -1.88. The summed E-state index contributed by atoms with van der Waals surface area (Å²) < 4.78 is 7.80. The average Bonchev–Trinajstić information content (AvgIpc) is 2.75. The van der Waals surface area contributed by atoms with Crippen molar-refractivity contribution in [2.45, 2.75) is 39.9 Å². The number of rotatable bonds is 4. The molecule has 0 saturated heterocycles. The first-order valence-corrected chi connectivity index (χ1v) is 13.2. The third kappa shape index (κ3) is 3.69. The van der Waals surface area contributed by atoms with Crippen LogP contribution in [0.3, 0.4) is 0 Å². The van der Waals surface area contributed by atoms with Crippen LogP contribution >= 0.6 is 0 Å². The van der Waals surface area contributed by atoms with E-state index in [9.17, 15) is 0 Å². The van der Waals surface area contributed by atoms with Gasteiger partial charge in [0.15, 0.2) is 0 Å². The maximum absolute atomic E-state index is 6.27. The van der Waals surface area contributed by atoms with Gasteiger partial charge in [-0.05, 0) is 0 Å². The Balaban J connectivity index is 2.25. The summed E-state index contributed by atoms with van der Waals surface area (Å²) in [5.74, 6) is 1.00. The molecule has 1 aromatic carbocycles. The van der Waals surface area contributed by atoms with Gasteiger partial charge in [0.25, 0.3) is 0 Å². The van der Waals surface area contributed by atoms with Crippen LogP contribution in [-0.2, 0) is 17.8 Å². The van der Waals surface area contributed by atoms with E-state index in [4.69, 9.17) is 3.32 Å². The molecule has 20 heavy (non-hydrogen) atoms. The number of hydrogen-bond acceptors (Lipinski definition) is 1. The minimum absolute atomic E-state index is 1.00. The van der Waals surface area contributed by atoms with Gasteiger partial charge in [-0.2, -0.15) is 0 Å². The molecular formula is C17H24OSiTi. The van der Waals surface area contributed by atoms with Gasteiger partial charge in [0.1, 0.15) is 0 Å². The van der Waals surface area contributed by atoms with Crippen LogP contribution in [-0.4, -0.2) is 12.9 Å². The molecule has 0 heterocycles. The Morgan fingerprint density at radius 3 is 2.25 bits per heavy atom. The van der Waals surface area contributed by atoms with Crippen molar-refractivity contribution in [3.05, 3.63) is 50.6 Å². The SMILES string of the molecule is [CH2]=[Ti]([O]c1cc(C)cc(C)c1)[C]1=C([Si](C)(C)C)C=CC1. The Bertz CT molecular complexity index is 586. The van der Waals surface area contributed by atoms with Crippen molar-refractivity contribution >= 4 is 12.9 Å². The molecule has 3 heteroatoms. The molecule has 0 N–H and O–H groups in total. The molecule has 0 atom stereocenters. The fraction of sp³-hybridized carbons (Fsp3) is 0.353. The molecule has 2 rings (SSSR count). The molecule has 0 radical (unpaired) electrons. The zero-order chi connectivity index (χ0) is 14.9. The van der Waals surface area contributed by atoms with E-state index in [1.165, 1.54) is 15.0 Å². The van der Waals surface area contributed by atoms with Gasteiger partial charge in [-0.25, -0.2) is 0 Å². The summed E-state index contributed by atoms with van der Waals surface area (Å²) in [6, 6.07) is 6.43. The first kappa shape index (κ1) is 15.7. The minimum atomic E-state index is -1.88. The first-order valence-electron chi connectivity index (χ1n) is 7.13. The Hall–Kier alpha value is -0.699. The van der Waals surface area contributed by atoms with Crippen LogP contribution in [0.4, 0.5) is 0 Å². The molecule has 0 aliphatic heterocycles. The Labute approximate surface area is 130 Å². The van der Waals surface area contributed by atoms with E-state index in [-0.39, 0.29) is 0 Å². The van der Waals surface area contributed by atoms with E-state index < -0.39 is 25.9 Å². The van der Waals surface area contributed by atoms with Gasteiger partial charge in [-0.15, -0.1) is 0 Å². The number of aryl methyl sites for hydroxylation is 2. The van der Waals surface area contributed by atoms with Crippen molar-refractivity contribution in [1.82, 2.24) is 0 Å². The Kier molecular flexibility index (Phi) is 4.68. The average molecular weight is 320 g/mol. The van der Waals surface area contributed by atoms with Gasteiger partial charge in [0.2, 0.25) is 0 Å². The van der Waals surface area contributed by atoms with Crippen LogP contribution in [0.25, 0.3) is 0 Å². The molecule has 1 aliphatic rings. The third-order valence-electron chi connectivity index (χ3n) is 3.51. The summed E-state index contributed by atoms with van der Waals surface area (Å²) in [5.41, 5.74) is 2.52. The quantitative estimate of drug-likeness (QED) is 0.728. The maximum atomic E-state index is 6.27. The summed E-state index contributed by atoms with van der Waals surface area (Å²) in [6.07, 6.45) is 5.67. The van der Waals surface area contributed by atoms with Crippen molar-refractivity contribution in [2.75, 3.05) is 0 Å². The molecular weight excluding hydrogens is 296 g/mol. The van der Waals surface area contributed by atoms with Crippen LogP contribution in [0.2, 0.25) is 19.6 Å². The van der Waals surface area contributed by atoms with Gasteiger partial charge in [0, 0.05) is 0 Å². The van der Waals surface area contributed by atoms with Crippen molar-refractivity contribution < 1.29 is 21.1 Å². The Morgan fingerprint density at radius 2 is 1.70 bits per heavy atom. The first-order chi connectivity index (χ1) is 9.27. The van der Waals surface area contributed by atoms with E-state index >= 15 is 0 Å². The standard InChI is InChI=1S/C8H10O.C8H13Si.CH2.Ti/c1-6-3-7(2)5-8(9)4-6;1-9(2,3)8-6-4-5-7-8;;/h3-5,9H,1-2H3;4,6H,5H2,1-3H3;1H2;/q;;;+1/p-1. The van der Waals surface area contributed by atoms with Gasteiger partial charge in [0.05, 0.1) is 0 Å². The molecule has 1 nitrogen and oxygen atoms in total. The van der Waals surface area contributed by atoms with Crippen LogP contribution in [0.5, 0.6) is 5.75 Å². The van der Waals surface area contributed by atoms with Crippen molar-refractivity contribution in [2.24, 2.45) is 0 Å². The second-order valence-corrected chi connectivity index (χ2v) is 14.2. The van der Waals surface area contributed by atoms with Crippen molar-refractivity contribution in [3.8, 4) is 5.75 Å². The van der Waals surface area contributed by atoms with Crippen LogP contribution < -0.4 is 3.32 Å². The Morgan fingerprint density at radius 1 is 1.10 bits per heavy atom. The summed E-state index contributed by atoms with van der Waals surface area (Å²) in [6.45, 7) is 11.4. The number of benzene rings is 1. The summed E-state index contributed by atoms with van der Waals surface area (Å²) in [7, 11) is -1.27. The monoisotopic (exact) mass is 320 g/mol. The number of allylic oxidation sites excluding steroid dienone is 4. The molecule has 0 spiro atoms. The fourth-order valence-corrected chi connectivity index (χ4v) is 8.58. The summed E-state index contributed by atoms with van der Waals surface area (Å²) in [5, 5.41) is 1.58. The van der Waals surface area contributed by atoms with Gasteiger partial charge >= 0.3 is 130 Å². The van der Waals surface area contributed by atoms with E-state index in [2.05, 4.69) is 68.7 Å².